The Bertz CT molecular complexity index is 118. The molecule has 0 aromatic carbocycles. The van der Waals surface area contributed by atoms with Crippen molar-refractivity contribution in [1.82, 2.24) is 4.90 Å². The highest BCUT2D eigenvalue weighted by Crippen LogP contribution is 1.94. The maximum atomic E-state index is 4.13. The van der Waals surface area contributed by atoms with Gasteiger partial charge in [0.25, 0.3) is 0 Å². The second-order valence-corrected chi connectivity index (χ2v) is 2.16. The molecule has 0 aromatic heterocycles. The van der Waals surface area contributed by atoms with Crippen molar-refractivity contribution >= 4 is 6.34 Å². The lowest BCUT2D eigenvalue weighted by atomic mass is 10.3. The first-order valence-electron chi connectivity index (χ1n) is 3.28. The highest BCUT2D eigenvalue weighted by atomic mass is 15.2. The molecule has 1 aliphatic heterocycles. The molecule has 0 spiro atoms. The molecule has 0 aromatic rings. The van der Waals surface area contributed by atoms with Crippen molar-refractivity contribution in [3.63, 3.8) is 0 Å². The van der Waals surface area contributed by atoms with Crippen molar-refractivity contribution in [3.8, 4) is 0 Å². The second kappa shape index (κ2) is 3.28. The maximum Gasteiger partial charge on any atom is 0.0852 e. The predicted octanol–water partition coefficient (Wildman–Crippen LogP) is 0.906. The van der Waals surface area contributed by atoms with E-state index in [9.17, 15) is 0 Å². The van der Waals surface area contributed by atoms with Gasteiger partial charge in [0, 0.05) is 19.6 Å². The summed E-state index contributed by atoms with van der Waals surface area (Å²) >= 11 is 0. The molecule has 0 bridgehead atoms. The molecule has 0 atom stereocenters. The number of hydrogen-bond donors (Lipinski definition) is 0. The molecule has 0 saturated carbocycles. The van der Waals surface area contributed by atoms with Crippen LogP contribution in [0.5, 0.6) is 0 Å². The zero-order valence-corrected chi connectivity index (χ0v) is 5.58. The highest BCUT2D eigenvalue weighted by molar-refractivity contribution is 5.55. The Morgan fingerprint density at radius 1 is 1.78 bits per heavy atom. The molecule has 9 heavy (non-hydrogen) atoms. The first-order chi connectivity index (χ1) is 4.43. The molecule has 1 heterocycles. The van der Waals surface area contributed by atoms with Crippen LogP contribution in [0.25, 0.3) is 0 Å². The van der Waals surface area contributed by atoms with Crippen LogP contribution in [0.3, 0.4) is 0 Å². The lowest BCUT2D eigenvalue weighted by molar-refractivity contribution is 0.445. The van der Waals surface area contributed by atoms with E-state index in [0.29, 0.717) is 0 Å². The Morgan fingerprint density at radius 2 is 2.67 bits per heavy atom. The summed E-state index contributed by atoms with van der Waals surface area (Å²) in [7, 11) is 0. The summed E-state index contributed by atoms with van der Waals surface area (Å²) in [5.41, 5.74) is 0. The van der Waals surface area contributed by atoms with Crippen LogP contribution in [-0.4, -0.2) is 30.9 Å². The molecule has 1 rings (SSSR count). The van der Waals surface area contributed by atoms with Gasteiger partial charge in [0.05, 0.1) is 6.34 Å². The third-order valence-electron chi connectivity index (χ3n) is 1.34. The van der Waals surface area contributed by atoms with Gasteiger partial charge in [-0.25, -0.2) is 0 Å². The number of nitrogens with zero attached hydrogens (tertiary/aromatic N) is 2. The molecule has 0 fully saturated rings. The fourth-order valence-electron chi connectivity index (χ4n) is 0.900. The van der Waals surface area contributed by atoms with Crippen molar-refractivity contribution in [2.24, 2.45) is 4.99 Å². The van der Waals surface area contributed by atoms with E-state index in [0.717, 1.165) is 19.6 Å². The molecular weight excluding hydrogens is 112 g/mol. The third-order valence-corrected chi connectivity index (χ3v) is 1.34. The van der Waals surface area contributed by atoms with E-state index in [2.05, 4.69) is 16.5 Å². The molecule has 2 heteroatoms. The van der Waals surface area contributed by atoms with Crippen LogP contribution in [0.2, 0.25) is 0 Å². The van der Waals surface area contributed by atoms with Crippen molar-refractivity contribution in [2.45, 2.75) is 6.42 Å². The molecule has 0 unspecified atom stereocenters. The monoisotopic (exact) mass is 124 g/mol. The lowest BCUT2D eigenvalue weighted by Crippen LogP contribution is -2.26. The first kappa shape index (κ1) is 6.33. The smallest absolute Gasteiger partial charge is 0.0852 e. The average Bonchev–Trinajstić information content (AvgIpc) is 1.91. The van der Waals surface area contributed by atoms with Crippen molar-refractivity contribution < 1.29 is 0 Å². The van der Waals surface area contributed by atoms with Crippen LogP contribution < -0.4 is 0 Å². The van der Waals surface area contributed by atoms with Crippen molar-refractivity contribution in [2.75, 3.05) is 19.6 Å². The topological polar surface area (TPSA) is 15.6 Å². The minimum Gasteiger partial charge on any atom is -0.359 e. The quantitative estimate of drug-likeness (QED) is 0.499. The van der Waals surface area contributed by atoms with Crippen molar-refractivity contribution in [1.29, 1.82) is 0 Å². The fourth-order valence-corrected chi connectivity index (χ4v) is 0.900. The minimum absolute atomic E-state index is 0.934. The first-order valence-corrected chi connectivity index (χ1v) is 3.28. The van der Waals surface area contributed by atoms with Gasteiger partial charge >= 0.3 is 0 Å². The van der Waals surface area contributed by atoms with E-state index in [-0.39, 0.29) is 0 Å². The van der Waals surface area contributed by atoms with Gasteiger partial charge in [-0.15, -0.1) is 6.58 Å². The van der Waals surface area contributed by atoms with Gasteiger partial charge in [0.2, 0.25) is 0 Å². The van der Waals surface area contributed by atoms with E-state index in [1.807, 2.05) is 12.4 Å². The fraction of sp³-hybridized carbons (Fsp3) is 0.571. The maximum absolute atomic E-state index is 4.13. The molecular formula is C7H12N2. The van der Waals surface area contributed by atoms with Crippen LogP contribution in [-0.2, 0) is 0 Å². The predicted molar refractivity (Wildman–Crippen MR) is 39.7 cm³/mol. The number of aliphatic imine (C=N–C) groups is 1. The number of rotatable bonds is 2. The zero-order valence-electron chi connectivity index (χ0n) is 5.58. The van der Waals surface area contributed by atoms with Crippen LogP contribution >= 0.6 is 0 Å². The van der Waals surface area contributed by atoms with Crippen LogP contribution in [0.15, 0.2) is 17.6 Å². The summed E-state index contributed by atoms with van der Waals surface area (Å²) in [6.45, 7) is 6.71. The van der Waals surface area contributed by atoms with Crippen LogP contribution in [0.1, 0.15) is 6.42 Å². The normalized spacial score (nSPS) is 18.0. The molecule has 1 aliphatic rings. The number of hydrogen-bond acceptors (Lipinski definition) is 2. The van der Waals surface area contributed by atoms with E-state index in [1.54, 1.807) is 0 Å². The highest BCUT2D eigenvalue weighted by Gasteiger charge is 1.99. The Labute approximate surface area is 55.9 Å². The molecule has 0 aliphatic carbocycles. The largest absolute Gasteiger partial charge is 0.359 e. The summed E-state index contributed by atoms with van der Waals surface area (Å²) in [6, 6.07) is 0. The van der Waals surface area contributed by atoms with Gasteiger partial charge < -0.3 is 4.90 Å². The van der Waals surface area contributed by atoms with E-state index in [1.165, 1.54) is 6.42 Å². The summed E-state index contributed by atoms with van der Waals surface area (Å²) in [5, 5.41) is 0. The summed E-state index contributed by atoms with van der Waals surface area (Å²) in [4.78, 5) is 6.29. The SMILES string of the molecule is C=CCN1C=NCCC1. The van der Waals surface area contributed by atoms with E-state index >= 15 is 0 Å². The van der Waals surface area contributed by atoms with Gasteiger partial charge in [0.15, 0.2) is 0 Å². The molecule has 0 N–H and O–H groups in total. The van der Waals surface area contributed by atoms with E-state index in [4.69, 9.17) is 0 Å². The summed E-state index contributed by atoms with van der Waals surface area (Å²) in [5.74, 6) is 0. The second-order valence-electron chi connectivity index (χ2n) is 2.16. The Balaban J connectivity index is 2.31. The summed E-state index contributed by atoms with van der Waals surface area (Å²) < 4.78 is 0. The Kier molecular flexibility index (Phi) is 2.31. The van der Waals surface area contributed by atoms with Gasteiger partial charge in [-0.05, 0) is 6.42 Å². The Hall–Kier alpha value is -0.790. The van der Waals surface area contributed by atoms with Gasteiger partial charge in [-0.3, -0.25) is 4.99 Å². The molecule has 2 nitrogen and oxygen atoms in total. The molecule has 50 valence electrons. The summed E-state index contributed by atoms with van der Waals surface area (Å²) in [6.07, 6.45) is 4.99. The van der Waals surface area contributed by atoms with Gasteiger partial charge in [-0.2, -0.15) is 0 Å². The molecule has 0 radical (unpaired) electrons. The van der Waals surface area contributed by atoms with Gasteiger partial charge in [-0.1, -0.05) is 6.08 Å². The average molecular weight is 124 g/mol. The molecule has 0 saturated heterocycles. The standard InChI is InChI=1S/C7H12N2/c1-2-5-9-6-3-4-8-7-9/h2,7H,1,3-6H2. The van der Waals surface area contributed by atoms with E-state index < -0.39 is 0 Å². The van der Waals surface area contributed by atoms with Gasteiger partial charge in [0.1, 0.15) is 0 Å². The minimum atomic E-state index is 0.934. The van der Waals surface area contributed by atoms with Crippen molar-refractivity contribution in [3.05, 3.63) is 12.7 Å². The lowest BCUT2D eigenvalue weighted by Gasteiger charge is -2.19. The zero-order chi connectivity index (χ0) is 6.53. The van der Waals surface area contributed by atoms with Crippen LogP contribution in [0.4, 0.5) is 0 Å². The third kappa shape index (κ3) is 1.88. The molecule has 0 amide bonds. The van der Waals surface area contributed by atoms with Crippen LogP contribution in [0, 0.1) is 0 Å². The Morgan fingerprint density at radius 3 is 3.22 bits per heavy atom.